The summed E-state index contributed by atoms with van der Waals surface area (Å²) >= 11 is 0. The molecule has 26 heavy (non-hydrogen) atoms. The van der Waals surface area contributed by atoms with Gasteiger partial charge in [0, 0.05) is 29.3 Å². The lowest BCUT2D eigenvalue weighted by Crippen LogP contribution is -1.99. The topological polar surface area (TPSA) is 55.6 Å². The van der Waals surface area contributed by atoms with Crippen molar-refractivity contribution < 1.29 is 4.39 Å². The van der Waals surface area contributed by atoms with E-state index in [4.69, 9.17) is 0 Å². The molecule has 0 amide bonds. The van der Waals surface area contributed by atoms with Crippen molar-refractivity contribution in [3.8, 4) is 17.1 Å². The summed E-state index contributed by atoms with van der Waals surface area (Å²) < 4.78 is 15.7. The second-order valence-electron chi connectivity index (χ2n) is 5.87. The van der Waals surface area contributed by atoms with E-state index in [1.807, 2.05) is 49.4 Å². The molecule has 4 aromatic rings. The number of aromatic nitrogens is 4. The number of aryl methyl sites for hydroxylation is 1. The molecule has 1 N–H and O–H groups in total. The van der Waals surface area contributed by atoms with Crippen LogP contribution in [-0.4, -0.2) is 19.7 Å². The molecular formula is C20H16FN5. The van der Waals surface area contributed by atoms with Gasteiger partial charge in [-0.3, -0.25) is 4.98 Å². The average Bonchev–Trinajstić information content (AvgIpc) is 3.13. The first-order valence-corrected chi connectivity index (χ1v) is 8.15. The lowest BCUT2D eigenvalue weighted by atomic mass is 10.1. The lowest BCUT2D eigenvalue weighted by molar-refractivity contribution is 0.609. The van der Waals surface area contributed by atoms with E-state index < -0.39 is 0 Å². The number of benzene rings is 2. The van der Waals surface area contributed by atoms with Crippen molar-refractivity contribution in [2.75, 3.05) is 5.32 Å². The van der Waals surface area contributed by atoms with Crippen LogP contribution in [0.5, 0.6) is 0 Å². The molecule has 0 saturated heterocycles. The van der Waals surface area contributed by atoms with Crippen LogP contribution in [-0.2, 0) is 0 Å². The number of nitrogens with zero attached hydrogens (tertiary/aromatic N) is 4. The van der Waals surface area contributed by atoms with Gasteiger partial charge in [-0.05, 0) is 48.9 Å². The SMILES string of the molecule is Cc1ccc(-n2cnc(-c3ccccc3Nc3ccncc3)n2)c(F)c1. The molecule has 2 heterocycles. The number of nitrogens with one attached hydrogen (secondary N) is 1. The van der Waals surface area contributed by atoms with E-state index in [0.717, 1.165) is 22.5 Å². The van der Waals surface area contributed by atoms with E-state index in [2.05, 4.69) is 20.4 Å². The molecule has 0 bridgehead atoms. The minimum Gasteiger partial charge on any atom is -0.355 e. The predicted molar refractivity (Wildman–Crippen MR) is 99.0 cm³/mol. The Labute approximate surface area is 150 Å². The average molecular weight is 345 g/mol. The van der Waals surface area contributed by atoms with E-state index in [9.17, 15) is 4.39 Å². The summed E-state index contributed by atoms with van der Waals surface area (Å²) in [5, 5.41) is 7.79. The molecule has 5 nitrogen and oxygen atoms in total. The summed E-state index contributed by atoms with van der Waals surface area (Å²) in [5.41, 5.74) is 3.83. The van der Waals surface area contributed by atoms with Gasteiger partial charge in [-0.2, -0.15) is 0 Å². The molecule has 0 unspecified atom stereocenters. The van der Waals surface area contributed by atoms with Crippen LogP contribution in [0.25, 0.3) is 17.1 Å². The number of halogens is 1. The Bertz CT molecular complexity index is 1040. The molecule has 2 aromatic carbocycles. The zero-order valence-electron chi connectivity index (χ0n) is 14.1. The monoisotopic (exact) mass is 345 g/mol. The lowest BCUT2D eigenvalue weighted by Gasteiger charge is -2.09. The number of hydrogen-bond acceptors (Lipinski definition) is 4. The highest BCUT2D eigenvalue weighted by molar-refractivity contribution is 5.77. The fourth-order valence-electron chi connectivity index (χ4n) is 2.68. The highest BCUT2D eigenvalue weighted by Crippen LogP contribution is 2.28. The van der Waals surface area contributed by atoms with Gasteiger partial charge < -0.3 is 5.32 Å². The first kappa shape index (κ1) is 16.0. The van der Waals surface area contributed by atoms with E-state index in [-0.39, 0.29) is 5.82 Å². The summed E-state index contributed by atoms with van der Waals surface area (Å²) in [6, 6.07) is 16.5. The molecule has 4 rings (SSSR count). The van der Waals surface area contributed by atoms with Gasteiger partial charge in [-0.1, -0.05) is 18.2 Å². The van der Waals surface area contributed by atoms with Gasteiger partial charge in [-0.15, -0.1) is 5.10 Å². The third-order valence-corrected chi connectivity index (χ3v) is 3.97. The Kier molecular flexibility index (Phi) is 4.15. The molecule has 0 aliphatic rings. The van der Waals surface area contributed by atoms with Crippen LogP contribution in [0.1, 0.15) is 5.56 Å². The van der Waals surface area contributed by atoms with Crippen LogP contribution in [0.3, 0.4) is 0 Å². The third kappa shape index (κ3) is 3.17. The van der Waals surface area contributed by atoms with Gasteiger partial charge in [0.2, 0.25) is 0 Å². The normalized spacial score (nSPS) is 10.7. The van der Waals surface area contributed by atoms with E-state index in [0.29, 0.717) is 11.5 Å². The fourth-order valence-corrected chi connectivity index (χ4v) is 2.68. The quantitative estimate of drug-likeness (QED) is 0.591. The van der Waals surface area contributed by atoms with Gasteiger partial charge in [0.05, 0.1) is 0 Å². The van der Waals surface area contributed by atoms with Crippen molar-refractivity contribution in [3.63, 3.8) is 0 Å². The van der Waals surface area contributed by atoms with Crippen molar-refractivity contribution in [2.24, 2.45) is 0 Å². The number of rotatable bonds is 4. The molecule has 0 radical (unpaired) electrons. The number of para-hydroxylation sites is 1. The number of hydrogen-bond donors (Lipinski definition) is 1. The molecule has 6 heteroatoms. The summed E-state index contributed by atoms with van der Waals surface area (Å²) in [6.45, 7) is 1.85. The molecular weight excluding hydrogens is 329 g/mol. The molecule has 0 saturated carbocycles. The standard InChI is InChI=1S/C20H16FN5/c1-14-6-7-19(17(21)12-14)26-13-23-20(25-26)16-4-2-3-5-18(16)24-15-8-10-22-11-9-15/h2-13H,1H3,(H,22,24). The van der Waals surface area contributed by atoms with Gasteiger partial charge in [-0.25, -0.2) is 14.1 Å². The Morgan fingerprint density at radius 2 is 1.81 bits per heavy atom. The first-order chi connectivity index (χ1) is 12.7. The zero-order valence-corrected chi connectivity index (χ0v) is 14.1. The number of pyridine rings is 1. The second kappa shape index (κ2) is 6.76. The molecule has 0 atom stereocenters. The van der Waals surface area contributed by atoms with Crippen LogP contribution in [0, 0.1) is 12.7 Å². The highest BCUT2D eigenvalue weighted by Gasteiger charge is 2.12. The van der Waals surface area contributed by atoms with Crippen molar-refractivity contribution in [1.29, 1.82) is 0 Å². The Morgan fingerprint density at radius 1 is 1.00 bits per heavy atom. The third-order valence-electron chi connectivity index (χ3n) is 3.97. The second-order valence-corrected chi connectivity index (χ2v) is 5.87. The predicted octanol–water partition coefficient (Wildman–Crippen LogP) is 4.52. The maximum Gasteiger partial charge on any atom is 0.183 e. The van der Waals surface area contributed by atoms with E-state index in [1.54, 1.807) is 18.5 Å². The number of anilines is 2. The molecule has 0 aliphatic carbocycles. The molecule has 0 aliphatic heterocycles. The fraction of sp³-hybridized carbons (Fsp3) is 0.0500. The maximum atomic E-state index is 14.2. The Hall–Kier alpha value is -3.54. The van der Waals surface area contributed by atoms with Gasteiger partial charge >= 0.3 is 0 Å². The smallest absolute Gasteiger partial charge is 0.183 e. The molecule has 2 aromatic heterocycles. The van der Waals surface area contributed by atoms with Crippen molar-refractivity contribution in [2.45, 2.75) is 6.92 Å². The van der Waals surface area contributed by atoms with Crippen LogP contribution in [0.4, 0.5) is 15.8 Å². The Balaban J connectivity index is 1.70. The minimum atomic E-state index is -0.329. The van der Waals surface area contributed by atoms with E-state index >= 15 is 0 Å². The molecule has 128 valence electrons. The zero-order chi connectivity index (χ0) is 17.9. The largest absolute Gasteiger partial charge is 0.355 e. The summed E-state index contributed by atoms with van der Waals surface area (Å²) in [5.74, 6) is 0.187. The maximum absolute atomic E-state index is 14.2. The van der Waals surface area contributed by atoms with Crippen molar-refractivity contribution >= 4 is 11.4 Å². The highest BCUT2D eigenvalue weighted by atomic mass is 19.1. The summed E-state index contributed by atoms with van der Waals surface area (Å²) in [6.07, 6.45) is 4.96. The van der Waals surface area contributed by atoms with Crippen LogP contribution in [0.2, 0.25) is 0 Å². The van der Waals surface area contributed by atoms with Gasteiger partial charge in [0.15, 0.2) is 5.82 Å². The van der Waals surface area contributed by atoms with Gasteiger partial charge in [0.25, 0.3) is 0 Å². The molecule has 0 fully saturated rings. The van der Waals surface area contributed by atoms with E-state index in [1.165, 1.54) is 17.1 Å². The van der Waals surface area contributed by atoms with Crippen molar-refractivity contribution in [3.05, 3.63) is 84.7 Å². The Morgan fingerprint density at radius 3 is 2.62 bits per heavy atom. The summed E-state index contributed by atoms with van der Waals surface area (Å²) in [4.78, 5) is 8.38. The molecule has 0 spiro atoms. The van der Waals surface area contributed by atoms with Crippen LogP contribution < -0.4 is 5.32 Å². The van der Waals surface area contributed by atoms with Crippen LogP contribution in [0.15, 0.2) is 73.3 Å². The van der Waals surface area contributed by atoms with Gasteiger partial charge in [0.1, 0.15) is 17.8 Å². The first-order valence-electron chi connectivity index (χ1n) is 8.15. The summed E-state index contributed by atoms with van der Waals surface area (Å²) in [7, 11) is 0. The van der Waals surface area contributed by atoms with Crippen LogP contribution >= 0.6 is 0 Å². The van der Waals surface area contributed by atoms with Crippen molar-refractivity contribution in [1.82, 2.24) is 19.7 Å². The minimum absolute atomic E-state index is 0.329.